The Bertz CT molecular complexity index is 214. The lowest BCUT2D eigenvalue weighted by Crippen LogP contribution is -2.14. The van der Waals surface area contributed by atoms with Crippen LogP contribution in [0.15, 0.2) is 11.6 Å². The maximum atomic E-state index is 10.8. The Kier molecular flexibility index (Phi) is 1.78. The third-order valence-corrected chi connectivity index (χ3v) is 2.31. The summed E-state index contributed by atoms with van der Waals surface area (Å²) in [7, 11) is 0. The predicted molar refractivity (Wildman–Crippen MR) is 43.3 cm³/mol. The van der Waals surface area contributed by atoms with Crippen molar-refractivity contribution >= 4 is 5.97 Å². The van der Waals surface area contributed by atoms with Gasteiger partial charge in [0.1, 0.15) is 0 Å². The van der Waals surface area contributed by atoms with E-state index in [4.69, 9.17) is 5.11 Å². The van der Waals surface area contributed by atoms with Gasteiger partial charge in [-0.2, -0.15) is 0 Å². The highest BCUT2D eigenvalue weighted by Gasteiger charge is 2.55. The third-order valence-electron chi connectivity index (χ3n) is 2.31. The van der Waals surface area contributed by atoms with Crippen LogP contribution >= 0.6 is 0 Å². The van der Waals surface area contributed by atoms with E-state index in [9.17, 15) is 4.79 Å². The lowest BCUT2D eigenvalue weighted by molar-refractivity contribution is -0.141. The Labute approximate surface area is 66.9 Å². The lowest BCUT2D eigenvalue weighted by Gasteiger charge is -2.04. The molecule has 1 fully saturated rings. The fraction of sp³-hybridized carbons (Fsp3) is 0.667. The van der Waals surface area contributed by atoms with Crippen LogP contribution in [0.2, 0.25) is 0 Å². The number of allylic oxidation sites excluding steroid dienone is 1. The van der Waals surface area contributed by atoms with Gasteiger partial charge in [-0.05, 0) is 26.2 Å². The van der Waals surface area contributed by atoms with E-state index in [0.29, 0.717) is 5.92 Å². The van der Waals surface area contributed by atoms with Crippen LogP contribution in [0.5, 0.6) is 0 Å². The smallest absolute Gasteiger partial charge is 0.313 e. The SMILES string of the molecule is CC(C)=CC1(C(=O)O)CC1C. The van der Waals surface area contributed by atoms with Crippen molar-refractivity contribution in [2.24, 2.45) is 11.3 Å². The standard InChI is InChI=1S/C9H14O2/c1-6(2)4-9(8(10)11)5-7(9)3/h4,7H,5H2,1-3H3,(H,10,11). The molecule has 1 saturated carbocycles. The van der Waals surface area contributed by atoms with Crippen molar-refractivity contribution < 1.29 is 9.90 Å². The van der Waals surface area contributed by atoms with Gasteiger partial charge in [0.2, 0.25) is 0 Å². The average Bonchev–Trinajstić information content (AvgIpc) is 2.41. The van der Waals surface area contributed by atoms with Gasteiger partial charge in [-0.15, -0.1) is 0 Å². The van der Waals surface area contributed by atoms with Crippen LogP contribution in [-0.2, 0) is 4.79 Å². The maximum absolute atomic E-state index is 10.8. The summed E-state index contributed by atoms with van der Waals surface area (Å²) in [5.41, 5.74) is 0.579. The summed E-state index contributed by atoms with van der Waals surface area (Å²) in [6.07, 6.45) is 2.67. The molecule has 0 radical (unpaired) electrons. The minimum atomic E-state index is -0.675. The molecular weight excluding hydrogens is 140 g/mol. The Balaban J connectivity index is 2.81. The Morgan fingerprint density at radius 1 is 1.64 bits per heavy atom. The van der Waals surface area contributed by atoms with E-state index in [1.54, 1.807) is 0 Å². The predicted octanol–water partition coefficient (Wildman–Crippen LogP) is 2.06. The summed E-state index contributed by atoms with van der Waals surface area (Å²) in [5.74, 6) is -0.360. The number of carboxylic acids is 1. The van der Waals surface area contributed by atoms with Gasteiger partial charge in [-0.1, -0.05) is 18.6 Å². The van der Waals surface area contributed by atoms with Gasteiger partial charge in [-0.25, -0.2) is 0 Å². The monoisotopic (exact) mass is 154 g/mol. The summed E-state index contributed by atoms with van der Waals surface area (Å²) >= 11 is 0. The van der Waals surface area contributed by atoms with Gasteiger partial charge in [0, 0.05) is 0 Å². The zero-order valence-electron chi connectivity index (χ0n) is 7.22. The van der Waals surface area contributed by atoms with Crippen molar-refractivity contribution in [1.82, 2.24) is 0 Å². The van der Waals surface area contributed by atoms with Gasteiger partial charge in [0.05, 0.1) is 5.41 Å². The normalized spacial score (nSPS) is 34.6. The Morgan fingerprint density at radius 3 is 2.18 bits per heavy atom. The Hall–Kier alpha value is -0.790. The summed E-state index contributed by atoms with van der Waals surface area (Å²) in [5, 5.41) is 8.88. The highest BCUT2D eigenvalue weighted by atomic mass is 16.4. The van der Waals surface area contributed by atoms with Crippen molar-refractivity contribution in [3.63, 3.8) is 0 Å². The number of hydrogen-bond acceptors (Lipinski definition) is 1. The summed E-state index contributed by atoms with van der Waals surface area (Å²) in [6, 6.07) is 0. The van der Waals surface area contributed by atoms with E-state index < -0.39 is 11.4 Å². The number of carboxylic acid groups (broad SMARTS) is 1. The number of carbonyl (C=O) groups is 1. The molecule has 0 aromatic carbocycles. The largest absolute Gasteiger partial charge is 0.481 e. The van der Waals surface area contributed by atoms with Crippen LogP contribution in [0.25, 0.3) is 0 Å². The quantitative estimate of drug-likeness (QED) is 0.618. The highest BCUT2D eigenvalue weighted by molar-refractivity contribution is 5.81. The third kappa shape index (κ3) is 1.30. The van der Waals surface area contributed by atoms with E-state index in [1.807, 2.05) is 26.8 Å². The van der Waals surface area contributed by atoms with Crippen molar-refractivity contribution in [3.05, 3.63) is 11.6 Å². The zero-order valence-corrected chi connectivity index (χ0v) is 7.22. The van der Waals surface area contributed by atoms with Gasteiger partial charge in [0.25, 0.3) is 0 Å². The average molecular weight is 154 g/mol. The molecule has 1 aliphatic rings. The first-order valence-corrected chi connectivity index (χ1v) is 3.88. The van der Waals surface area contributed by atoms with E-state index in [1.165, 1.54) is 0 Å². The topological polar surface area (TPSA) is 37.3 Å². The first-order valence-electron chi connectivity index (χ1n) is 3.88. The minimum Gasteiger partial charge on any atom is -0.481 e. The van der Waals surface area contributed by atoms with E-state index >= 15 is 0 Å². The number of aliphatic carboxylic acids is 1. The molecule has 0 amide bonds. The fourth-order valence-electron chi connectivity index (χ4n) is 1.52. The van der Waals surface area contributed by atoms with Crippen molar-refractivity contribution in [2.45, 2.75) is 27.2 Å². The van der Waals surface area contributed by atoms with E-state index in [0.717, 1.165) is 12.0 Å². The summed E-state index contributed by atoms with van der Waals surface area (Å²) < 4.78 is 0. The molecule has 2 heteroatoms. The summed E-state index contributed by atoms with van der Waals surface area (Å²) in [6.45, 7) is 5.86. The second-order valence-electron chi connectivity index (χ2n) is 3.67. The molecular formula is C9H14O2. The molecule has 1 N–H and O–H groups in total. The second kappa shape index (κ2) is 2.36. The molecule has 0 heterocycles. The van der Waals surface area contributed by atoms with E-state index in [-0.39, 0.29) is 0 Å². The van der Waals surface area contributed by atoms with Crippen LogP contribution < -0.4 is 0 Å². The molecule has 2 atom stereocenters. The number of hydrogen-bond donors (Lipinski definition) is 1. The van der Waals surface area contributed by atoms with Gasteiger partial charge < -0.3 is 5.11 Å². The molecule has 11 heavy (non-hydrogen) atoms. The molecule has 2 unspecified atom stereocenters. The number of rotatable bonds is 2. The van der Waals surface area contributed by atoms with Crippen LogP contribution in [0, 0.1) is 11.3 Å². The maximum Gasteiger partial charge on any atom is 0.313 e. The first-order chi connectivity index (χ1) is 4.99. The molecule has 1 rings (SSSR count). The van der Waals surface area contributed by atoms with Crippen molar-refractivity contribution in [2.75, 3.05) is 0 Å². The molecule has 0 aromatic heterocycles. The van der Waals surface area contributed by atoms with Crippen molar-refractivity contribution in [3.8, 4) is 0 Å². The Morgan fingerprint density at radius 2 is 2.09 bits per heavy atom. The minimum absolute atomic E-state index is 0.315. The van der Waals surface area contributed by atoms with E-state index in [2.05, 4.69) is 0 Å². The van der Waals surface area contributed by atoms with Crippen LogP contribution in [-0.4, -0.2) is 11.1 Å². The van der Waals surface area contributed by atoms with Crippen LogP contribution in [0.3, 0.4) is 0 Å². The molecule has 0 bridgehead atoms. The second-order valence-corrected chi connectivity index (χ2v) is 3.67. The molecule has 1 aliphatic carbocycles. The first kappa shape index (κ1) is 8.31. The lowest BCUT2D eigenvalue weighted by atomic mass is 10.0. The van der Waals surface area contributed by atoms with Gasteiger partial charge in [0.15, 0.2) is 0 Å². The molecule has 62 valence electrons. The molecule has 0 spiro atoms. The molecule has 2 nitrogen and oxygen atoms in total. The molecule has 0 aliphatic heterocycles. The molecule has 0 saturated heterocycles. The molecule has 0 aromatic rings. The van der Waals surface area contributed by atoms with Gasteiger partial charge in [-0.3, -0.25) is 4.79 Å². The van der Waals surface area contributed by atoms with Gasteiger partial charge >= 0.3 is 5.97 Å². The summed E-state index contributed by atoms with van der Waals surface area (Å²) in [4.78, 5) is 10.8. The highest BCUT2D eigenvalue weighted by Crippen LogP contribution is 2.54. The fourth-order valence-corrected chi connectivity index (χ4v) is 1.52. The zero-order chi connectivity index (χ0) is 8.65. The van der Waals surface area contributed by atoms with Crippen LogP contribution in [0.4, 0.5) is 0 Å². The van der Waals surface area contributed by atoms with Crippen LogP contribution in [0.1, 0.15) is 27.2 Å². The van der Waals surface area contributed by atoms with Crippen molar-refractivity contribution in [1.29, 1.82) is 0 Å².